The van der Waals surface area contributed by atoms with Crippen molar-refractivity contribution < 1.29 is 22.4 Å². The summed E-state index contributed by atoms with van der Waals surface area (Å²) in [6.07, 6.45) is -3.16. The van der Waals surface area contributed by atoms with E-state index in [4.69, 9.17) is 0 Å². The average molecular weight is 434 g/mol. The maximum Gasteiger partial charge on any atom is 0.449 e. The number of amides is 1. The van der Waals surface area contributed by atoms with E-state index < -0.39 is 17.8 Å². The van der Waals surface area contributed by atoms with Gasteiger partial charge in [-0.2, -0.15) is 13.2 Å². The van der Waals surface area contributed by atoms with E-state index in [0.29, 0.717) is 42.7 Å². The van der Waals surface area contributed by atoms with Gasteiger partial charge in [0.1, 0.15) is 5.82 Å². The van der Waals surface area contributed by atoms with Gasteiger partial charge in [0.15, 0.2) is 0 Å². The summed E-state index contributed by atoms with van der Waals surface area (Å²) in [6, 6.07) is 12.3. The third kappa shape index (κ3) is 5.04. The van der Waals surface area contributed by atoms with Crippen LogP contribution in [0.5, 0.6) is 0 Å². The molecule has 164 valence electrons. The van der Waals surface area contributed by atoms with Crippen LogP contribution in [0.2, 0.25) is 0 Å². The molecule has 1 N–H and O–H groups in total. The van der Waals surface area contributed by atoms with E-state index in [-0.39, 0.29) is 24.9 Å². The van der Waals surface area contributed by atoms with Crippen LogP contribution < -0.4 is 5.32 Å². The number of imidazole rings is 1. The summed E-state index contributed by atoms with van der Waals surface area (Å²) in [4.78, 5) is 18.0. The van der Waals surface area contributed by atoms with Crippen LogP contribution in [-0.2, 0) is 17.5 Å². The highest BCUT2D eigenvalue weighted by atomic mass is 19.4. The van der Waals surface area contributed by atoms with Crippen LogP contribution in [-0.4, -0.2) is 40.0 Å². The number of nitrogens with zero attached hydrogens (tertiary/aromatic N) is 3. The smallest absolute Gasteiger partial charge is 0.325 e. The lowest BCUT2D eigenvalue weighted by Gasteiger charge is -2.32. The first-order chi connectivity index (χ1) is 14.8. The summed E-state index contributed by atoms with van der Waals surface area (Å²) in [5.74, 6) is -1.49. The minimum Gasteiger partial charge on any atom is -0.325 e. The lowest BCUT2D eigenvalue weighted by molar-refractivity contribution is -0.147. The summed E-state index contributed by atoms with van der Waals surface area (Å²) in [5.41, 5.74) is 1.21. The molecule has 0 saturated carbocycles. The maximum absolute atomic E-state index is 13.5. The number of anilines is 1. The molecular formula is C22H22F4N4O. The molecule has 1 aromatic heterocycles. The van der Waals surface area contributed by atoms with E-state index in [1.807, 2.05) is 4.90 Å². The highest BCUT2D eigenvalue weighted by molar-refractivity contribution is 5.92. The minimum atomic E-state index is -4.52. The average Bonchev–Trinajstić information content (AvgIpc) is 3.08. The number of carbonyl (C=O) groups excluding carboxylic acids is 1. The van der Waals surface area contributed by atoms with Gasteiger partial charge >= 0.3 is 6.18 Å². The molecule has 0 spiro atoms. The Morgan fingerprint density at radius 3 is 2.55 bits per heavy atom. The quantitative estimate of drug-likeness (QED) is 0.600. The third-order valence-electron chi connectivity index (χ3n) is 5.53. The number of piperidine rings is 1. The molecule has 0 bridgehead atoms. The molecule has 1 amide bonds. The lowest BCUT2D eigenvalue weighted by atomic mass is 9.96. The number of para-hydroxylation sites is 2. The van der Waals surface area contributed by atoms with E-state index in [2.05, 4.69) is 10.3 Å². The first kappa shape index (κ1) is 21.3. The lowest BCUT2D eigenvalue weighted by Crippen LogP contribution is -2.40. The van der Waals surface area contributed by atoms with Gasteiger partial charge in [0.25, 0.3) is 0 Å². The fraction of sp³-hybridized carbons (Fsp3) is 0.364. The number of hydrogen-bond acceptors (Lipinski definition) is 3. The summed E-state index contributed by atoms with van der Waals surface area (Å²) in [6.45, 7) is 1.61. The molecular weight excluding hydrogens is 412 g/mol. The molecule has 3 aromatic rings. The molecule has 9 heteroatoms. The summed E-state index contributed by atoms with van der Waals surface area (Å²) in [5, 5.41) is 2.66. The Bertz CT molecular complexity index is 1070. The van der Waals surface area contributed by atoms with Crippen molar-refractivity contribution in [1.82, 2.24) is 14.5 Å². The zero-order chi connectivity index (χ0) is 22.0. The Labute approximate surface area is 176 Å². The second kappa shape index (κ2) is 8.66. The highest BCUT2D eigenvalue weighted by Crippen LogP contribution is 2.33. The van der Waals surface area contributed by atoms with Crippen molar-refractivity contribution >= 4 is 22.6 Å². The SMILES string of the molecule is O=C(CN1CCC(Cn2c(C(F)(F)F)nc3ccccc32)CC1)Nc1cccc(F)c1. The molecule has 2 heterocycles. The number of alkyl halides is 3. The number of fused-ring (bicyclic) bond motifs is 1. The molecule has 5 nitrogen and oxygen atoms in total. The Balaban J connectivity index is 1.36. The number of halogens is 4. The van der Waals surface area contributed by atoms with Crippen LogP contribution >= 0.6 is 0 Å². The Morgan fingerprint density at radius 2 is 1.84 bits per heavy atom. The predicted molar refractivity (Wildman–Crippen MR) is 109 cm³/mol. The molecule has 0 aliphatic carbocycles. The first-order valence-electron chi connectivity index (χ1n) is 10.1. The Kier molecular flexibility index (Phi) is 5.95. The zero-order valence-corrected chi connectivity index (χ0v) is 16.7. The summed E-state index contributed by atoms with van der Waals surface area (Å²) >= 11 is 0. The molecule has 0 unspecified atom stereocenters. The number of hydrogen-bond donors (Lipinski definition) is 1. The van der Waals surface area contributed by atoms with Gasteiger partial charge in [0.2, 0.25) is 11.7 Å². The van der Waals surface area contributed by atoms with Crippen LogP contribution in [0.3, 0.4) is 0 Å². The molecule has 0 atom stereocenters. The number of benzene rings is 2. The Morgan fingerprint density at radius 1 is 1.10 bits per heavy atom. The van der Waals surface area contributed by atoms with Gasteiger partial charge in [0, 0.05) is 12.2 Å². The van der Waals surface area contributed by atoms with Crippen molar-refractivity contribution in [2.75, 3.05) is 25.0 Å². The monoisotopic (exact) mass is 434 g/mol. The molecule has 1 aliphatic rings. The van der Waals surface area contributed by atoms with Gasteiger partial charge in [-0.3, -0.25) is 9.69 Å². The fourth-order valence-electron chi connectivity index (χ4n) is 4.03. The number of carbonyl (C=O) groups is 1. The maximum atomic E-state index is 13.5. The minimum absolute atomic E-state index is 0.0567. The van der Waals surface area contributed by atoms with Gasteiger partial charge in [-0.25, -0.2) is 9.37 Å². The summed E-state index contributed by atoms with van der Waals surface area (Å²) in [7, 11) is 0. The predicted octanol–water partition coefficient (Wildman–Crippen LogP) is 4.54. The van der Waals surface area contributed by atoms with Crippen molar-refractivity contribution in [2.45, 2.75) is 25.6 Å². The van der Waals surface area contributed by atoms with Crippen molar-refractivity contribution in [2.24, 2.45) is 5.92 Å². The van der Waals surface area contributed by atoms with Gasteiger partial charge in [-0.05, 0) is 62.2 Å². The molecule has 2 aromatic carbocycles. The van der Waals surface area contributed by atoms with Crippen LogP contribution in [0.4, 0.5) is 23.2 Å². The second-order valence-corrected chi connectivity index (χ2v) is 7.81. The molecule has 31 heavy (non-hydrogen) atoms. The topological polar surface area (TPSA) is 50.2 Å². The van der Waals surface area contributed by atoms with E-state index in [1.165, 1.54) is 22.8 Å². The van der Waals surface area contributed by atoms with Crippen molar-refractivity contribution in [1.29, 1.82) is 0 Å². The number of aromatic nitrogens is 2. The van der Waals surface area contributed by atoms with Crippen LogP contribution in [0.1, 0.15) is 18.7 Å². The number of likely N-dealkylation sites (tertiary alicyclic amines) is 1. The molecule has 1 fully saturated rings. The molecule has 0 radical (unpaired) electrons. The van der Waals surface area contributed by atoms with Crippen LogP contribution in [0.25, 0.3) is 11.0 Å². The number of rotatable bonds is 5. The van der Waals surface area contributed by atoms with Gasteiger partial charge in [0.05, 0.1) is 17.6 Å². The zero-order valence-electron chi connectivity index (χ0n) is 16.7. The third-order valence-corrected chi connectivity index (χ3v) is 5.53. The van der Waals surface area contributed by atoms with Crippen molar-refractivity contribution in [3.8, 4) is 0 Å². The van der Waals surface area contributed by atoms with Gasteiger partial charge in [-0.15, -0.1) is 0 Å². The largest absolute Gasteiger partial charge is 0.449 e. The van der Waals surface area contributed by atoms with Gasteiger partial charge < -0.3 is 9.88 Å². The summed E-state index contributed by atoms with van der Waals surface area (Å²) < 4.78 is 55.0. The van der Waals surface area contributed by atoms with E-state index in [1.54, 1.807) is 30.3 Å². The molecule has 4 rings (SSSR count). The fourth-order valence-corrected chi connectivity index (χ4v) is 4.03. The van der Waals surface area contributed by atoms with Gasteiger partial charge in [-0.1, -0.05) is 18.2 Å². The van der Waals surface area contributed by atoms with Crippen molar-refractivity contribution in [3.05, 3.63) is 60.2 Å². The van der Waals surface area contributed by atoms with Crippen LogP contribution in [0.15, 0.2) is 48.5 Å². The standard InChI is InChI=1S/C22H22F4N4O/c23-16-4-3-5-17(12-16)27-20(31)14-29-10-8-15(9-11-29)13-30-19-7-2-1-6-18(19)28-21(30)22(24,25)26/h1-7,12,15H,8-11,13-14H2,(H,27,31). The highest BCUT2D eigenvalue weighted by Gasteiger charge is 2.38. The number of nitrogens with one attached hydrogen (secondary N) is 1. The molecule has 1 saturated heterocycles. The normalized spacial score (nSPS) is 16.0. The molecule has 1 aliphatic heterocycles. The second-order valence-electron chi connectivity index (χ2n) is 7.81. The van der Waals surface area contributed by atoms with E-state index >= 15 is 0 Å². The van der Waals surface area contributed by atoms with E-state index in [9.17, 15) is 22.4 Å². The van der Waals surface area contributed by atoms with E-state index in [0.717, 1.165) is 0 Å². The van der Waals surface area contributed by atoms with Crippen molar-refractivity contribution in [3.63, 3.8) is 0 Å². The van der Waals surface area contributed by atoms with Crippen LogP contribution in [0, 0.1) is 11.7 Å². The first-order valence-corrected chi connectivity index (χ1v) is 10.1. The Hall–Kier alpha value is -2.94.